The van der Waals surface area contributed by atoms with E-state index in [1.165, 1.54) is 30.3 Å². The minimum absolute atomic E-state index is 0.122. The number of aromatic nitrogens is 2. The molecule has 3 aromatic rings. The van der Waals surface area contributed by atoms with Crippen LogP contribution in [0.25, 0.3) is 11.0 Å². The second kappa shape index (κ2) is 5.36. The van der Waals surface area contributed by atoms with E-state index in [0.29, 0.717) is 16.6 Å². The lowest BCUT2D eigenvalue weighted by Crippen LogP contribution is -2.15. The van der Waals surface area contributed by atoms with Crippen LogP contribution in [0.15, 0.2) is 47.3 Å². The Morgan fingerprint density at radius 3 is 2.77 bits per heavy atom. The maximum absolute atomic E-state index is 13.2. The topological polar surface area (TPSA) is 88.9 Å². The summed E-state index contributed by atoms with van der Waals surface area (Å²) in [6.45, 7) is 0. The lowest BCUT2D eigenvalue weighted by atomic mass is 10.1. The van der Waals surface area contributed by atoms with Crippen LogP contribution >= 0.6 is 0 Å². The van der Waals surface area contributed by atoms with Gasteiger partial charge in [-0.15, -0.1) is 0 Å². The minimum Gasteiger partial charge on any atom is -0.319 e. The molecular formula is C15H10FN3O3. The number of nitrogens with one attached hydrogen (secondary N) is 1. The van der Waals surface area contributed by atoms with Crippen molar-refractivity contribution in [3.63, 3.8) is 0 Å². The van der Waals surface area contributed by atoms with Crippen molar-refractivity contribution in [2.75, 3.05) is 0 Å². The fourth-order valence-corrected chi connectivity index (χ4v) is 2.19. The Morgan fingerprint density at radius 1 is 1.23 bits per heavy atom. The van der Waals surface area contributed by atoms with Crippen LogP contribution in [0.1, 0.15) is 11.3 Å². The number of hydrogen-bond donors (Lipinski definition) is 1. The van der Waals surface area contributed by atoms with Crippen LogP contribution in [0.4, 0.5) is 10.1 Å². The number of fused-ring (bicyclic) bond motifs is 1. The third-order valence-corrected chi connectivity index (χ3v) is 3.22. The largest absolute Gasteiger partial charge is 0.319 e. The molecule has 1 N–H and O–H groups in total. The molecule has 6 nitrogen and oxygen atoms in total. The van der Waals surface area contributed by atoms with Gasteiger partial charge in [-0.1, -0.05) is 12.1 Å². The Morgan fingerprint density at radius 2 is 2.05 bits per heavy atom. The highest BCUT2D eigenvalue weighted by molar-refractivity contribution is 5.76. The monoisotopic (exact) mass is 299 g/mol. The third-order valence-electron chi connectivity index (χ3n) is 3.22. The SMILES string of the molecule is O=c1[nH]c2cc([N+](=O)[O-])ccc2nc1Cc1cccc(F)c1. The minimum atomic E-state index is -0.543. The molecule has 0 unspecified atom stereocenters. The van der Waals surface area contributed by atoms with Gasteiger partial charge in [-0.05, 0) is 23.8 Å². The molecule has 1 aromatic heterocycles. The Hall–Kier alpha value is -3.09. The number of nitro groups is 1. The summed E-state index contributed by atoms with van der Waals surface area (Å²) < 4.78 is 13.2. The second-order valence-corrected chi connectivity index (χ2v) is 4.78. The van der Waals surface area contributed by atoms with Crippen LogP contribution in [0.5, 0.6) is 0 Å². The molecule has 0 bridgehead atoms. The van der Waals surface area contributed by atoms with E-state index in [0.717, 1.165) is 0 Å². The zero-order chi connectivity index (χ0) is 15.7. The Kier molecular flexibility index (Phi) is 3.38. The molecule has 0 amide bonds. The van der Waals surface area contributed by atoms with Crippen molar-refractivity contribution in [2.45, 2.75) is 6.42 Å². The Balaban J connectivity index is 2.04. The number of aromatic amines is 1. The number of H-pyrrole nitrogens is 1. The van der Waals surface area contributed by atoms with Crippen LogP contribution in [-0.2, 0) is 6.42 Å². The van der Waals surface area contributed by atoms with Gasteiger partial charge in [0, 0.05) is 18.6 Å². The Labute approximate surface area is 123 Å². The molecule has 0 atom stereocenters. The van der Waals surface area contributed by atoms with E-state index in [4.69, 9.17) is 0 Å². The normalized spacial score (nSPS) is 10.8. The Bertz CT molecular complexity index is 937. The van der Waals surface area contributed by atoms with E-state index in [-0.39, 0.29) is 23.6 Å². The number of hydrogen-bond acceptors (Lipinski definition) is 4. The first-order valence-electron chi connectivity index (χ1n) is 6.45. The maximum atomic E-state index is 13.2. The van der Waals surface area contributed by atoms with E-state index in [9.17, 15) is 19.3 Å². The molecule has 7 heteroatoms. The number of non-ortho nitro benzene ring substituents is 1. The van der Waals surface area contributed by atoms with Gasteiger partial charge in [0.2, 0.25) is 0 Å². The van der Waals surface area contributed by atoms with Crippen LogP contribution in [0, 0.1) is 15.9 Å². The highest BCUT2D eigenvalue weighted by atomic mass is 19.1. The van der Waals surface area contributed by atoms with Crippen molar-refractivity contribution in [1.82, 2.24) is 9.97 Å². The third kappa shape index (κ3) is 2.69. The lowest BCUT2D eigenvalue weighted by molar-refractivity contribution is -0.384. The summed E-state index contributed by atoms with van der Waals surface area (Å²) in [5.74, 6) is -0.384. The highest BCUT2D eigenvalue weighted by Gasteiger charge is 2.10. The van der Waals surface area contributed by atoms with Crippen molar-refractivity contribution < 1.29 is 9.31 Å². The number of halogens is 1. The van der Waals surface area contributed by atoms with Crippen LogP contribution in [0.2, 0.25) is 0 Å². The summed E-state index contributed by atoms with van der Waals surface area (Å²) in [6.07, 6.45) is 0.181. The van der Waals surface area contributed by atoms with Gasteiger partial charge in [-0.2, -0.15) is 0 Å². The van der Waals surface area contributed by atoms with Gasteiger partial charge in [-0.3, -0.25) is 14.9 Å². The fourth-order valence-electron chi connectivity index (χ4n) is 2.19. The quantitative estimate of drug-likeness (QED) is 0.594. The first-order valence-corrected chi connectivity index (χ1v) is 6.45. The number of nitro benzene ring substituents is 1. The molecular weight excluding hydrogens is 289 g/mol. The van der Waals surface area contributed by atoms with Gasteiger partial charge in [0.15, 0.2) is 0 Å². The van der Waals surface area contributed by atoms with Gasteiger partial charge in [-0.25, -0.2) is 9.37 Å². The van der Waals surface area contributed by atoms with E-state index in [2.05, 4.69) is 9.97 Å². The number of rotatable bonds is 3. The summed E-state index contributed by atoms with van der Waals surface area (Å²) >= 11 is 0. The van der Waals surface area contributed by atoms with Crippen molar-refractivity contribution in [3.8, 4) is 0 Å². The van der Waals surface area contributed by atoms with Gasteiger partial charge in [0.1, 0.15) is 11.5 Å². The fraction of sp³-hybridized carbons (Fsp3) is 0.0667. The lowest BCUT2D eigenvalue weighted by Gasteiger charge is -2.03. The first kappa shape index (κ1) is 13.9. The summed E-state index contributed by atoms with van der Waals surface area (Å²) in [7, 11) is 0. The van der Waals surface area contributed by atoms with Gasteiger partial charge < -0.3 is 4.98 Å². The van der Waals surface area contributed by atoms with Crippen molar-refractivity contribution in [3.05, 3.63) is 80.0 Å². The summed E-state index contributed by atoms with van der Waals surface area (Å²) in [6, 6.07) is 9.96. The maximum Gasteiger partial charge on any atom is 0.271 e. The summed E-state index contributed by atoms with van der Waals surface area (Å²) in [4.78, 5) is 29.0. The zero-order valence-electron chi connectivity index (χ0n) is 11.2. The van der Waals surface area contributed by atoms with E-state index >= 15 is 0 Å². The average Bonchev–Trinajstić information content (AvgIpc) is 2.47. The molecule has 110 valence electrons. The predicted molar refractivity (Wildman–Crippen MR) is 78.2 cm³/mol. The predicted octanol–water partition coefficient (Wildman–Crippen LogP) is 2.56. The molecule has 0 saturated heterocycles. The van der Waals surface area contributed by atoms with Crippen molar-refractivity contribution in [2.24, 2.45) is 0 Å². The molecule has 0 radical (unpaired) electrons. The molecule has 0 aliphatic heterocycles. The molecule has 0 fully saturated rings. The average molecular weight is 299 g/mol. The molecule has 3 rings (SSSR count). The van der Waals surface area contributed by atoms with Gasteiger partial charge >= 0.3 is 0 Å². The van der Waals surface area contributed by atoms with E-state index < -0.39 is 10.5 Å². The van der Waals surface area contributed by atoms with E-state index in [1.807, 2.05) is 0 Å². The van der Waals surface area contributed by atoms with Crippen LogP contribution in [-0.4, -0.2) is 14.9 Å². The molecule has 0 aliphatic carbocycles. The molecule has 22 heavy (non-hydrogen) atoms. The summed E-state index contributed by atoms with van der Waals surface area (Å²) in [5.41, 5.74) is 1.02. The summed E-state index contributed by atoms with van der Waals surface area (Å²) in [5, 5.41) is 10.7. The standard InChI is InChI=1S/C15H10FN3O3/c16-10-3-1-2-9(6-10)7-14-15(20)18-13-8-11(19(21)22)4-5-12(13)17-14/h1-6,8H,7H2,(H,18,20). The molecule has 0 spiro atoms. The van der Waals surface area contributed by atoms with Gasteiger partial charge in [0.05, 0.1) is 16.0 Å². The number of benzene rings is 2. The molecule has 1 heterocycles. The van der Waals surface area contributed by atoms with Crippen LogP contribution in [0.3, 0.4) is 0 Å². The van der Waals surface area contributed by atoms with Crippen molar-refractivity contribution in [1.29, 1.82) is 0 Å². The van der Waals surface area contributed by atoms with Crippen molar-refractivity contribution >= 4 is 16.7 Å². The molecule has 0 aliphatic rings. The molecule has 2 aromatic carbocycles. The highest BCUT2D eigenvalue weighted by Crippen LogP contribution is 2.17. The second-order valence-electron chi connectivity index (χ2n) is 4.78. The first-order chi connectivity index (χ1) is 10.5. The number of nitrogens with zero attached hydrogens (tertiary/aromatic N) is 2. The van der Waals surface area contributed by atoms with Crippen LogP contribution < -0.4 is 5.56 Å². The smallest absolute Gasteiger partial charge is 0.271 e. The molecule has 0 saturated carbocycles. The zero-order valence-corrected chi connectivity index (χ0v) is 11.2. The van der Waals surface area contributed by atoms with Gasteiger partial charge in [0.25, 0.3) is 11.2 Å². The van der Waals surface area contributed by atoms with E-state index in [1.54, 1.807) is 12.1 Å².